The first-order chi connectivity index (χ1) is 8.25. The lowest BCUT2D eigenvalue weighted by molar-refractivity contribution is -0.0924. The number of hydrogen-bond acceptors (Lipinski definition) is 2. The molecule has 0 saturated carbocycles. The number of hydrogen-bond donors (Lipinski definition) is 1. The van der Waals surface area contributed by atoms with Crippen molar-refractivity contribution in [1.82, 2.24) is 0 Å². The number of benzene rings is 2. The van der Waals surface area contributed by atoms with Gasteiger partial charge in [0, 0.05) is 17.6 Å². The highest BCUT2D eigenvalue weighted by molar-refractivity contribution is 5.85. The summed E-state index contributed by atoms with van der Waals surface area (Å²) in [6, 6.07) is 14.9. The van der Waals surface area contributed by atoms with Crippen LogP contribution in [-0.4, -0.2) is 19.8 Å². The zero-order chi connectivity index (χ0) is 11.7. The lowest BCUT2D eigenvalue weighted by atomic mass is 9.88. The lowest BCUT2D eigenvalue weighted by Crippen LogP contribution is -2.45. The van der Waals surface area contributed by atoms with Gasteiger partial charge in [0.25, 0.3) is 0 Å². The molecular weight excluding hydrogens is 210 g/mol. The Labute approximate surface area is 102 Å². The van der Waals surface area contributed by atoms with Crippen molar-refractivity contribution in [3.8, 4) is 0 Å². The largest absolute Gasteiger partial charge is 0.384 e. The van der Waals surface area contributed by atoms with E-state index >= 15 is 0 Å². The van der Waals surface area contributed by atoms with Gasteiger partial charge in [-0.15, -0.1) is 0 Å². The Hall–Kier alpha value is -1.54. The van der Waals surface area contributed by atoms with E-state index in [-0.39, 0.29) is 0 Å². The first kappa shape index (κ1) is 10.6. The number of fused-ring (bicyclic) bond motifs is 1. The molecule has 2 aromatic rings. The minimum Gasteiger partial charge on any atom is -0.384 e. The molecule has 0 aliphatic carbocycles. The second-order valence-corrected chi connectivity index (χ2v) is 5.22. The summed E-state index contributed by atoms with van der Waals surface area (Å²) in [5, 5.41) is 6.07. The van der Waals surface area contributed by atoms with Crippen molar-refractivity contribution < 1.29 is 4.74 Å². The number of anilines is 1. The molecule has 88 valence electrons. The smallest absolute Gasteiger partial charge is 0.0559 e. The summed E-state index contributed by atoms with van der Waals surface area (Å²) in [5.74, 6) is 0. The van der Waals surface area contributed by atoms with Gasteiger partial charge >= 0.3 is 0 Å². The number of nitrogens with one attached hydrogen (secondary N) is 1. The minimum absolute atomic E-state index is 0.311. The zero-order valence-electron chi connectivity index (χ0n) is 10.1. The van der Waals surface area contributed by atoms with Crippen LogP contribution in [0.2, 0.25) is 0 Å². The van der Waals surface area contributed by atoms with E-state index in [4.69, 9.17) is 4.74 Å². The second-order valence-electron chi connectivity index (χ2n) is 5.22. The van der Waals surface area contributed by atoms with Gasteiger partial charge < -0.3 is 10.1 Å². The molecule has 2 heteroatoms. The molecule has 0 bridgehead atoms. The van der Waals surface area contributed by atoms with E-state index in [0.717, 1.165) is 19.8 Å². The van der Waals surface area contributed by atoms with Crippen molar-refractivity contribution in [3.05, 3.63) is 42.5 Å². The molecule has 1 heterocycles. The summed E-state index contributed by atoms with van der Waals surface area (Å²) in [4.78, 5) is 0. The third kappa shape index (κ3) is 2.13. The first-order valence-corrected chi connectivity index (χ1v) is 6.06. The summed E-state index contributed by atoms with van der Waals surface area (Å²) in [5.41, 5.74) is 1.50. The van der Waals surface area contributed by atoms with Gasteiger partial charge in [-0.05, 0) is 22.9 Å². The van der Waals surface area contributed by atoms with Crippen LogP contribution in [0.15, 0.2) is 42.5 Å². The molecule has 1 aliphatic heterocycles. The monoisotopic (exact) mass is 227 g/mol. The standard InChI is InChI=1S/C15H17NO/c1-15(10-17-11-15)9-16-14-7-6-12-4-2-3-5-13(12)8-14/h2-8,16H,9-11H2,1H3. The highest BCUT2D eigenvalue weighted by Crippen LogP contribution is 2.27. The van der Waals surface area contributed by atoms with Gasteiger partial charge in [0.1, 0.15) is 0 Å². The van der Waals surface area contributed by atoms with Crippen LogP contribution in [0.5, 0.6) is 0 Å². The maximum atomic E-state index is 5.26. The van der Waals surface area contributed by atoms with Crippen molar-refractivity contribution in [2.75, 3.05) is 25.1 Å². The molecule has 1 N–H and O–H groups in total. The van der Waals surface area contributed by atoms with Gasteiger partial charge in [-0.1, -0.05) is 37.3 Å². The zero-order valence-corrected chi connectivity index (χ0v) is 10.1. The van der Waals surface area contributed by atoms with Gasteiger partial charge in [-0.2, -0.15) is 0 Å². The normalized spacial score (nSPS) is 17.7. The molecule has 0 spiro atoms. The van der Waals surface area contributed by atoms with Crippen molar-refractivity contribution in [2.45, 2.75) is 6.92 Å². The molecule has 1 aliphatic rings. The summed E-state index contributed by atoms with van der Waals surface area (Å²) >= 11 is 0. The SMILES string of the molecule is CC1(CNc2ccc3ccccc3c2)COC1. The molecule has 2 nitrogen and oxygen atoms in total. The topological polar surface area (TPSA) is 21.3 Å². The quantitative estimate of drug-likeness (QED) is 0.868. The Bertz CT molecular complexity index is 531. The van der Waals surface area contributed by atoms with E-state index in [9.17, 15) is 0 Å². The van der Waals surface area contributed by atoms with E-state index in [1.54, 1.807) is 0 Å². The molecule has 0 unspecified atom stereocenters. The summed E-state index contributed by atoms with van der Waals surface area (Å²) in [6.07, 6.45) is 0. The molecule has 17 heavy (non-hydrogen) atoms. The van der Waals surface area contributed by atoms with Crippen molar-refractivity contribution >= 4 is 16.5 Å². The van der Waals surface area contributed by atoms with Gasteiger partial charge in [0.2, 0.25) is 0 Å². The average Bonchev–Trinajstić information content (AvgIpc) is 2.34. The van der Waals surface area contributed by atoms with Crippen molar-refractivity contribution in [1.29, 1.82) is 0 Å². The van der Waals surface area contributed by atoms with Crippen molar-refractivity contribution in [3.63, 3.8) is 0 Å². The van der Waals surface area contributed by atoms with Crippen LogP contribution in [0.25, 0.3) is 10.8 Å². The summed E-state index contributed by atoms with van der Waals surface area (Å²) in [7, 11) is 0. The summed E-state index contributed by atoms with van der Waals surface area (Å²) in [6.45, 7) is 4.97. The Morgan fingerprint density at radius 1 is 1.12 bits per heavy atom. The van der Waals surface area contributed by atoms with Gasteiger partial charge in [0.15, 0.2) is 0 Å². The molecule has 3 rings (SSSR count). The molecular formula is C15H17NO. The second kappa shape index (κ2) is 4.04. The molecule has 0 aromatic heterocycles. The van der Waals surface area contributed by atoms with E-state index in [0.29, 0.717) is 5.41 Å². The maximum absolute atomic E-state index is 5.26. The lowest BCUT2D eigenvalue weighted by Gasteiger charge is -2.38. The third-order valence-electron chi connectivity index (χ3n) is 3.37. The Morgan fingerprint density at radius 2 is 1.88 bits per heavy atom. The molecule has 0 amide bonds. The fourth-order valence-electron chi connectivity index (χ4n) is 2.17. The van der Waals surface area contributed by atoms with E-state index in [1.165, 1.54) is 16.5 Å². The van der Waals surface area contributed by atoms with E-state index in [1.807, 2.05) is 0 Å². The van der Waals surface area contributed by atoms with Crippen LogP contribution < -0.4 is 5.32 Å². The molecule has 1 fully saturated rings. The van der Waals surface area contributed by atoms with E-state index < -0.39 is 0 Å². The fourth-order valence-corrected chi connectivity index (χ4v) is 2.17. The number of ether oxygens (including phenoxy) is 1. The van der Waals surface area contributed by atoms with Crippen LogP contribution in [0.3, 0.4) is 0 Å². The molecule has 0 radical (unpaired) electrons. The predicted molar refractivity (Wildman–Crippen MR) is 71.4 cm³/mol. The van der Waals surface area contributed by atoms with Crippen LogP contribution in [0.4, 0.5) is 5.69 Å². The highest BCUT2D eigenvalue weighted by Gasteiger charge is 2.32. The predicted octanol–water partition coefficient (Wildman–Crippen LogP) is 3.29. The van der Waals surface area contributed by atoms with Gasteiger partial charge in [0.05, 0.1) is 13.2 Å². The molecule has 2 aromatic carbocycles. The van der Waals surface area contributed by atoms with Crippen LogP contribution in [-0.2, 0) is 4.74 Å². The van der Waals surface area contributed by atoms with Crippen LogP contribution >= 0.6 is 0 Å². The third-order valence-corrected chi connectivity index (χ3v) is 3.37. The highest BCUT2D eigenvalue weighted by atomic mass is 16.5. The minimum atomic E-state index is 0.311. The Morgan fingerprint density at radius 3 is 2.59 bits per heavy atom. The molecule has 1 saturated heterocycles. The Kier molecular flexibility index (Phi) is 2.52. The average molecular weight is 227 g/mol. The molecule has 0 atom stereocenters. The summed E-state index contributed by atoms with van der Waals surface area (Å²) < 4.78 is 5.26. The van der Waals surface area contributed by atoms with Crippen LogP contribution in [0.1, 0.15) is 6.92 Å². The maximum Gasteiger partial charge on any atom is 0.0559 e. The Balaban J connectivity index is 1.76. The number of rotatable bonds is 3. The fraction of sp³-hybridized carbons (Fsp3) is 0.333. The first-order valence-electron chi connectivity index (χ1n) is 6.06. The van der Waals surface area contributed by atoms with Crippen LogP contribution in [0, 0.1) is 5.41 Å². The van der Waals surface area contributed by atoms with Crippen molar-refractivity contribution in [2.24, 2.45) is 5.41 Å². The van der Waals surface area contributed by atoms with Gasteiger partial charge in [-0.3, -0.25) is 0 Å². The van der Waals surface area contributed by atoms with Gasteiger partial charge in [-0.25, -0.2) is 0 Å². The van der Waals surface area contributed by atoms with E-state index in [2.05, 4.69) is 54.7 Å².